The lowest BCUT2D eigenvalue weighted by atomic mass is 10.1. The molecule has 1 rings (SSSR count). The molecule has 4 heteroatoms. The van der Waals surface area contributed by atoms with E-state index < -0.39 is 0 Å². The Morgan fingerprint density at radius 3 is 2.72 bits per heavy atom. The topological polar surface area (TPSA) is 50.4 Å². The van der Waals surface area contributed by atoms with Gasteiger partial charge in [-0.05, 0) is 36.6 Å². The van der Waals surface area contributed by atoms with E-state index in [0.29, 0.717) is 5.92 Å². The van der Waals surface area contributed by atoms with Crippen molar-refractivity contribution in [2.45, 2.75) is 20.8 Å². The van der Waals surface area contributed by atoms with Gasteiger partial charge >= 0.3 is 0 Å². The minimum absolute atomic E-state index is 0.0486. The number of rotatable bonds is 6. The van der Waals surface area contributed by atoms with Gasteiger partial charge in [0.1, 0.15) is 0 Å². The second kappa shape index (κ2) is 7.01. The van der Waals surface area contributed by atoms with Gasteiger partial charge in [0.05, 0.1) is 6.61 Å². The van der Waals surface area contributed by atoms with E-state index in [1.54, 1.807) is 7.11 Å². The molecule has 0 spiro atoms. The Morgan fingerprint density at radius 1 is 1.44 bits per heavy atom. The van der Waals surface area contributed by atoms with Crippen molar-refractivity contribution in [3.05, 3.63) is 23.8 Å². The number of benzene rings is 1. The van der Waals surface area contributed by atoms with Crippen LogP contribution in [-0.4, -0.2) is 26.2 Å². The first-order valence-electron chi connectivity index (χ1n) is 6.14. The standard InChI is InChI=1S/C14H22N2O2/c1-10(9-18-4)8-15-13-5-6-14(11(2)7-13)16-12(3)17/h5-7,10,15H,8-9H2,1-4H3,(H,16,17). The van der Waals surface area contributed by atoms with Gasteiger partial charge in [-0.3, -0.25) is 4.79 Å². The highest BCUT2D eigenvalue weighted by Crippen LogP contribution is 2.19. The van der Waals surface area contributed by atoms with Gasteiger partial charge in [-0.2, -0.15) is 0 Å². The Balaban J connectivity index is 2.58. The molecule has 0 aliphatic rings. The lowest BCUT2D eigenvalue weighted by molar-refractivity contribution is -0.114. The van der Waals surface area contributed by atoms with Crippen LogP contribution < -0.4 is 10.6 Å². The SMILES string of the molecule is COCC(C)CNc1ccc(NC(C)=O)c(C)c1. The molecular formula is C14H22N2O2. The fraction of sp³-hybridized carbons (Fsp3) is 0.500. The number of ether oxygens (including phenoxy) is 1. The molecule has 0 aliphatic heterocycles. The molecule has 1 atom stereocenters. The van der Waals surface area contributed by atoms with Gasteiger partial charge in [-0.25, -0.2) is 0 Å². The quantitative estimate of drug-likeness (QED) is 0.816. The monoisotopic (exact) mass is 250 g/mol. The third-order valence-electron chi connectivity index (χ3n) is 2.64. The summed E-state index contributed by atoms with van der Waals surface area (Å²) in [5.74, 6) is 0.415. The van der Waals surface area contributed by atoms with Crippen molar-refractivity contribution in [3.63, 3.8) is 0 Å². The number of amides is 1. The van der Waals surface area contributed by atoms with E-state index in [0.717, 1.165) is 30.1 Å². The minimum atomic E-state index is -0.0486. The molecule has 0 saturated heterocycles. The summed E-state index contributed by atoms with van der Waals surface area (Å²) in [5, 5.41) is 6.16. The molecule has 1 aromatic rings. The maximum absolute atomic E-state index is 11.0. The zero-order valence-electron chi connectivity index (χ0n) is 11.5. The average molecular weight is 250 g/mol. The first-order valence-corrected chi connectivity index (χ1v) is 6.14. The molecule has 0 fully saturated rings. The Labute approximate surface area is 109 Å². The number of nitrogens with one attached hydrogen (secondary N) is 2. The molecule has 4 nitrogen and oxygen atoms in total. The predicted octanol–water partition coefficient (Wildman–Crippen LogP) is 2.65. The third-order valence-corrected chi connectivity index (χ3v) is 2.64. The van der Waals surface area contributed by atoms with E-state index in [9.17, 15) is 4.79 Å². The maximum Gasteiger partial charge on any atom is 0.221 e. The summed E-state index contributed by atoms with van der Waals surface area (Å²) < 4.78 is 5.09. The average Bonchev–Trinajstić information content (AvgIpc) is 2.29. The summed E-state index contributed by atoms with van der Waals surface area (Å²) >= 11 is 0. The van der Waals surface area contributed by atoms with Crippen molar-refractivity contribution in [1.82, 2.24) is 0 Å². The van der Waals surface area contributed by atoms with E-state index in [1.807, 2.05) is 25.1 Å². The van der Waals surface area contributed by atoms with Crippen LogP contribution >= 0.6 is 0 Å². The van der Waals surface area contributed by atoms with Crippen LogP contribution in [-0.2, 0) is 9.53 Å². The van der Waals surface area contributed by atoms with E-state index in [-0.39, 0.29) is 5.91 Å². The number of hydrogen-bond donors (Lipinski definition) is 2. The Morgan fingerprint density at radius 2 is 2.17 bits per heavy atom. The zero-order chi connectivity index (χ0) is 13.5. The number of carbonyl (C=O) groups is 1. The Kier molecular flexibility index (Phi) is 5.65. The van der Waals surface area contributed by atoms with Crippen molar-refractivity contribution in [1.29, 1.82) is 0 Å². The smallest absolute Gasteiger partial charge is 0.221 e. The predicted molar refractivity (Wildman–Crippen MR) is 75.0 cm³/mol. The maximum atomic E-state index is 11.0. The van der Waals surface area contributed by atoms with Gasteiger partial charge in [0.25, 0.3) is 0 Å². The molecule has 0 aliphatic carbocycles. The fourth-order valence-corrected chi connectivity index (χ4v) is 1.74. The molecule has 0 radical (unpaired) electrons. The van der Waals surface area contributed by atoms with Crippen LogP contribution in [0.3, 0.4) is 0 Å². The summed E-state index contributed by atoms with van der Waals surface area (Å²) in [7, 11) is 1.71. The van der Waals surface area contributed by atoms with E-state index in [1.165, 1.54) is 6.92 Å². The third kappa shape index (κ3) is 4.75. The molecule has 0 aromatic heterocycles. The van der Waals surface area contributed by atoms with Gasteiger partial charge < -0.3 is 15.4 Å². The number of aryl methyl sites for hydroxylation is 1. The minimum Gasteiger partial charge on any atom is -0.385 e. The zero-order valence-corrected chi connectivity index (χ0v) is 11.5. The van der Waals surface area contributed by atoms with Crippen molar-refractivity contribution in [2.24, 2.45) is 5.92 Å². The van der Waals surface area contributed by atoms with Crippen LogP contribution in [0.15, 0.2) is 18.2 Å². The lowest BCUT2D eigenvalue weighted by Crippen LogP contribution is -2.16. The summed E-state index contributed by atoms with van der Waals surface area (Å²) in [5.41, 5.74) is 2.97. The molecule has 100 valence electrons. The van der Waals surface area contributed by atoms with Crippen molar-refractivity contribution >= 4 is 17.3 Å². The molecule has 0 saturated carbocycles. The Hall–Kier alpha value is -1.55. The number of carbonyl (C=O) groups excluding carboxylic acids is 1. The lowest BCUT2D eigenvalue weighted by Gasteiger charge is -2.14. The normalized spacial score (nSPS) is 12.0. The van der Waals surface area contributed by atoms with E-state index in [4.69, 9.17) is 4.74 Å². The van der Waals surface area contributed by atoms with Gasteiger partial charge in [-0.1, -0.05) is 6.92 Å². The number of methoxy groups -OCH3 is 1. The van der Waals surface area contributed by atoms with Crippen LogP contribution in [0.25, 0.3) is 0 Å². The largest absolute Gasteiger partial charge is 0.385 e. The van der Waals surface area contributed by atoms with E-state index >= 15 is 0 Å². The van der Waals surface area contributed by atoms with Crippen LogP contribution in [0, 0.1) is 12.8 Å². The molecule has 1 amide bonds. The van der Waals surface area contributed by atoms with Crippen LogP contribution in [0.1, 0.15) is 19.4 Å². The Bertz CT molecular complexity index is 405. The molecule has 0 bridgehead atoms. The first-order chi connectivity index (χ1) is 8.52. The highest BCUT2D eigenvalue weighted by atomic mass is 16.5. The highest BCUT2D eigenvalue weighted by Gasteiger charge is 2.04. The van der Waals surface area contributed by atoms with Crippen molar-refractivity contribution < 1.29 is 9.53 Å². The summed E-state index contributed by atoms with van der Waals surface area (Å²) in [6, 6.07) is 5.92. The van der Waals surface area contributed by atoms with Gasteiger partial charge in [-0.15, -0.1) is 0 Å². The van der Waals surface area contributed by atoms with Crippen LogP contribution in [0.4, 0.5) is 11.4 Å². The first kappa shape index (κ1) is 14.5. The van der Waals surface area contributed by atoms with Gasteiger partial charge in [0.2, 0.25) is 5.91 Å². The number of hydrogen-bond acceptors (Lipinski definition) is 3. The fourth-order valence-electron chi connectivity index (χ4n) is 1.74. The molecule has 1 aromatic carbocycles. The van der Waals surface area contributed by atoms with Gasteiger partial charge in [0, 0.05) is 32.0 Å². The molecule has 0 heterocycles. The highest BCUT2D eigenvalue weighted by molar-refractivity contribution is 5.89. The van der Waals surface area contributed by atoms with Crippen molar-refractivity contribution in [3.8, 4) is 0 Å². The summed E-state index contributed by atoms with van der Waals surface area (Å²) in [6.07, 6.45) is 0. The molecular weight excluding hydrogens is 228 g/mol. The van der Waals surface area contributed by atoms with Crippen LogP contribution in [0.2, 0.25) is 0 Å². The van der Waals surface area contributed by atoms with Crippen LogP contribution in [0.5, 0.6) is 0 Å². The molecule has 18 heavy (non-hydrogen) atoms. The summed E-state index contributed by atoms with van der Waals surface area (Å²) in [4.78, 5) is 11.0. The summed E-state index contributed by atoms with van der Waals surface area (Å²) in [6.45, 7) is 7.24. The second-order valence-corrected chi connectivity index (χ2v) is 4.65. The van der Waals surface area contributed by atoms with Crippen molar-refractivity contribution in [2.75, 3.05) is 30.9 Å². The molecule has 2 N–H and O–H groups in total. The van der Waals surface area contributed by atoms with E-state index in [2.05, 4.69) is 17.6 Å². The number of anilines is 2. The van der Waals surface area contributed by atoms with Gasteiger partial charge in [0.15, 0.2) is 0 Å². The molecule has 1 unspecified atom stereocenters. The second-order valence-electron chi connectivity index (χ2n) is 4.65.